The Morgan fingerprint density at radius 1 is 1.21 bits per heavy atom. The van der Waals surface area contributed by atoms with Crippen LogP contribution in [-0.4, -0.2) is 29.4 Å². The van der Waals surface area contributed by atoms with Crippen LogP contribution in [0.25, 0.3) is 0 Å². The molecule has 1 aromatic rings. The fourth-order valence-corrected chi connectivity index (χ4v) is 4.04. The molecule has 4 nitrogen and oxygen atoms in total. The van der Waals surface area contributed by atoms with E-state index in [1.807, 2.05) is 0 Å². The lowest BCUT2D eigenvalue weighted by atomic mass is 9.98. The third-order valence-electron chi connectivity index (χ3n) is 5.57. The van der Waals surface area contributed by atoms with Crippen LogP contribution >= 0.6 is 0 Å². The van der Waals surface area contributed by atoms with Gasteiger partial charge >= 0.3 is 0 Å². The van der Waals surface area contributed by atoms with E-state index < -0.39 is 5.54 Å². The third kappa shape index (κ3) is 4.37. The van der Waals surface area contributed by atoms with E-state index >= 15 is 0 Å². The van der Waals surface area contributed by atoms with Crippen molar-refractivity contribution in [2.24, 2.45) is 11.7 Å². The molecule has 0 radical (unpaired) electrons. The van der Waals surface area contributed by atoms with Gasteiger partial charge in [-0.15, -0.1) is 0 Å². The smallest absolute Gasteiger partial charge is 0.240 e. The van der Waals surface area contributed by atoms with Crippen LogP contribution in [0.4, 0.5) is 0 Å². The summed E-state index contributed by atoms with van der Waals surface area (Å²) in [6.45, 7) is 6.35. The maximum absolute atomic E-state index is 12.3. The standard InChI is InChI=1S/C20H31N3O/c1-16-5-4-12-23(14-16)15-18-8-6-17(7-9-18)13-22-19(24)20(21)10-2-3-11-20/h6-9,16H,2-5,10-15,21H2,1H3,(H,22,24). The van der Waals surface area contributed by atoms with Crippen molar-refractivity contribution < 1.29 is 4.79 Å². The summed E-state index contributed by atoms with van der Waals surface area (Å²) < 4.78 is 0. The first-order valence-corrected chi connectivity index (χ1v) is 9.42. The zero-order valence-electron chi connectivity index (χ0n) is 14.9. The zero-order valence-corrected chi connectivity index (χ0v) is 14.9. The molecule has 2 aliphatic rings. The fourth-order valence-electron chi connectivity index (χ4n) is 4.04. The van der Waals surface area contributed by atoms with Crippen molar-refractivity contribution in [1.29, 1.82) is 0 Å². The molecule has 1 saturated carbocycles. The molecule has 1 aromatic carbocycles. The van der Waals surface area contributed by atoms with E-state index in [2.05, 4.69) is 41.4 Å². The fraction of sp³-hybridized carbons (Fsp3) is 0.650. The Hall–Kier alpha value is -1.39. The van der Waals surface area contributed by atoms with E-state index in [0.717, 1.165) is 43.7 Å². The quantitative estimate of drug-likeness (QED) is 0.873. The summed E-state index contributed by atoms with van der Waals surface area (Å²) >= 11 is 0. The maximum Gasteiger partial charge on any atom is 0.240 e. The number of carbonyl (C=O) groups is 1. The molecule has 132 valence electrons. The first-order valence-electron chi connectivity index (χ1n) is 9.42. The minimum absolute atomic E-state index is 0.00591. The van der Waals surface area contributed by atoms with Crippen molar-refractivity contribution in [3.05, 3.63) is 35.4 Å². The molecule has 1 aliphatic carbocycles. The summed E-state index contributed by atoms with van der Waals surface area (Å²) in [6.07, 6.45) is 6.42. The number of piperidine rings is 1. The molecule has 0 bridgehead atoms. The molecule has 1 amide bonds. The summed E-state index contributed by atoms with van der Waals surface area (Å²) in [6, 6.07) is 8.63. The highest BCUT2D eigenvalue weighted by Crippen LogP contribution is 2.27. The van der Waals surface area contributed by atoms with Crippen LogP contribution < -0.4 is 11.1 Å². The predicted molar refractivity (Wildman–Crippen MR) is 97.4 cm³/mol. The van der Waals surface area contributed by atoms with Gasteiger partial charge in [-0.3, -0.25) is 9.69 Å². The maximum atomic E-state index is 12.3. The summed E-state index contributed by atoms with van der Waals surface area (Å²) in [5.74, 6) is 0.818. The molecule has 24 heavy (non-hydrogen) atoms. The van der Waals surface area contributed by atoms with Gasteiger partial charge in [0, 0.05) is 19.6 Å². The number of hydrogen-bond donors (Lipinski definition) is 2. The number of nitrogens with one attached hydrogen (secondary N) is 1. The van der Waals surface area contributed by atoms with Crippen molar-refractivity contribution in [2.45, 2.75) is 64.1 Å². The van der Waals surface area contributed by atoms with Crippen LogP contribution in [0.2, 0.25) is 0 Å². The summed E-state index contributed by atoms with van der Waals surface area (Å²) in [5.41, 5.74) is 8.05. The number of hydrogen-bond acceptors (Lipinski definition) is 3. The number of benzene rings is 1. The number of carbonyl (C=O) groups excluding carboxylic acids is 1. The Morgan fingerprint density at radius 2 is 1.88 bits per heavy atom. The SMILES string of the molecule is CC1CCCN(Cc2ccc(CNC(=O)C3(N)CCCC3)cc2)C1. The first kappa shape index (κ1) is 17.4. The molecular formula is C20H31N3O. The van der Waals surface area contributed by atoms with Gasteiger partial charge in [0.1, 0.15) is 0 Å². The third-order valence-corrected chi connectivity index (χ3v) is 5.57. The second kappa shape index (κ2) is 7.66. The number of amides is 1. The van der Waals surface area contributed by atoms with Gasteiger partial charge in [0.2, 0.25) is 5.91 Å². The largest absolute Gasteiger partial charge is 0.350 e. The summed E-state index contributed by atoms with van der Waals surface area (Å²) in [7, 11) is 0. The van der Waals surface area contributed by atoms with Crippen LogP contribution in [0.1, 0.15) is 56.6 Å². The van der Waals surface area contributed by atoms with Gasteiger partial charge in [-0.1, -0.05) is 44.0 Å². The van der Waals surface area contributed by atoms with Gasteiger partial charge in [-0.25, -0.2) is 0 Å². The van der Waals surface area contributed by atoms with Gasteiger partial charge < -0.3 is 11.1 Å². The first-order chi connectivity index (χ1) is 11.5. The molecule has 1 saturated heterocycles. The van der Waals surface area contributed by atoms with Crippen molar-refractivity contribution in [1.82, 2.24) is 10.2 Å². The summed E-state index contributed by atoms with van der Waals surface area (Å²) in [5, 5.41) is 3.01. The molecule has 1 aliphatic heterocycles. The molecule has 1 atom stereocenters. The molecule has 0 aromatic heterocycles. The number of rotatable bonds is 5. The van der Waals surface area contributed by atoms with Crippen LogP contribution in [-0.2, 0) is 17.9 Å². The van der Waals surface area contributed by atoms with Crippen LogP contribution in [0.15, 0.2) is 24.3 Å². The number of likely N-dealkylation sites (tertiary alicyclic amines) is 1. The predicted octanol–water partition coefficient (Wildman–Crippen LogP) is 2.81. The Bertz CT molecular complexity index is 549. The van der Waals surface area contributed by atoms with E-state index in [4.69, 9.17) is 5.73 Å². The molecule has 4 heteroatoms. The average Bonchev–Trinajstić information content (AvgIpc) is 3.02. The minimum atomic E-state index is -0.634. The molecular weight excluding hydrogens is 298 g/mol. The number of nitrogens with two attached hydrogens (primary N) is 1. The van der Waals surface area contributed by atoms with Gasteiger partial charge in [-0.05, 0) is 49.3 Å². The van der Waals surface area contributed by atoms with Crippen LogP contribution in [0, 0.1) is 5.92 Å². The molecule has 3 rings (SSSR count). The number of nitrogens with zero attached hydrogens (tertiary/aromatic N) is 1. The highest BCUT2D eigenvalue weighted by molar-refractivity contribution is 5.86. The second-order valence-corrected chi connectivity index (χ2v) is 7.84. The zero-order chi connectivity index (χ0) is 17.0. The lowest BCUT2D eigenvalue weighted by Gasteiger charge is -2.30. The van der Waals surface area contributed by atoms with Gasteiger partial charge in [0.15, 0.2) is 0 Å². The average molecular weight is 329 g/mol. The van der Waals surface area contributed by atoms with Crippen LogP contribution in [0.3, 0.4) is 0 Å². The van der Waals surface area contributed by atoms with E-state index in [1.165, 1.54) is 31.5 Å². The highest BCUT2D eigenvalue weighted by atomic mass is 16.2. The van der Waals surface area contributed by atoms with Crippen molar-refractivity contribution >= 4 is 5.91 Å². The Labute approximate surface area is 145 Å². The van der Waals surface area contributed by atoms with Gasteiger partial charge in [0.25, 0.3) is 0 Å². The van der Waals surface area contributed by atoms with E-state index in [1.54, 1.807) is 0 Å². The van der Waals surface area contributed by atoms with Crippen molar-refractivity contribution in [3.8, 4) is 0 Å². The molecule has 0 spiro atoms. The topological polar surface area (TPSA) is 58.4 Å². The molecule has 3 N–H and O–H groups in total. The lowest BCUT2D eigenvalue weighted by molar-refractivity contribution is -0.126. The molecule has 1 unspecified atom stereocenters. The van der Waals surface area contributed by atoms with E-state index in [0.29, 0.717) is 6.54 Å². The lowest BCUT2D eigenvalue weighted by Crippen LogP contribution is -2.51. The molecule has 1 heterocycles. The van der Waals surface area contributed by atoms with E-state index in [9.17, 15) is 4.79 Å². The van der Waals surface area contributed by atoms with Crippen LogP contribution in [0.5, 0.6) is 0 Å². The van der Waals surface area contributed by atoms with Crippen molar-refractivity contribution in [3.63, 3.8) is 0 Å². The monoisotopic (exact) mass is 329 g/mol. The highest BCUT2D eigenvalue weighted by Gasteiger charge is 2.36. The van der Waals surface area contributed by atoms with Gasteiger partial charge in [-0.2, -0.15) is 0 Å². The van der Waals surface area contributed by atoms with E-state index in [-0.39, 0.29) is 5.91 Å². The summed E-state index contributed by atoms with van der Waals surface area (Å²) in [4.78, 5) is 14.8. The molecule has 2 fully saturated rings. The van der Waals surface area contributed by atoms with Gasteiger partial charge in [0.05, 0.1) is 5.54 Å². The van der Waals surface area contributed by atoms with Crippen molar-refractivity contribution in [2.75, 3.05) is 13.1 Å². The Balaban J connectivity index is 1.48. The normalized spacial score (nSPS) is 24.0. The minimum Gasteiger partial charge on any atom is -0.350 e. The second-order valence-electron chi connectivity index (χ2n) is 7.84. The Morgan fingerprint density at radius 3 is 2.54 bits per heavy atom. The Kier molecular flexibility index (Phi) is 5.57.